The van der Waals surface area contributed by atoms with Crippen LogP contribution in [-0.4, -0.2) is 41.3 Å². The van der Waals surface area contributed by atoms with Gasteiger partial charge in [-0.25, -0.2) is 9.59 Å². The molecule has 0 saturated heterocycles. The Hall–Kier alpha value is -4.39. The van der Waals surface area contributed by atoms with Crippen molar-refractivity contribution < 1.29 is 23.9 Å². The topological polar surface area (TPSA) is 86.6 Å². The number of carbonyl (C=O) groups is 3. The molecular formula is C31H32N2O5. The number of rotatable bonds is 7. The zero-order chi connectivity index (χ0) is 27.3. The van der Waals surface area contributed by atoms with Gasteiger partial charge in [-0.3, -0.25) is 9.36 Å². The van der Waals surface area contributed by atoms with Gasteiger partial charge < -0.3 is 14.8 Å². The minimum absolute atomic E-state index is 0.130. The number of carbonyl (C=O) groups excluding carboxylic acids is 3. The summed E-state index contributed by atoms with van der Waals surface area (Å²) in [5.41, 5.74) is 2.30. The van der Waals surface area contributed by atoms with Gasteiger partial charge in [-0.05, 0) is 43.5 Å². The number of nitrogens with zero attached hydrogens (tertiary/aromatic N) is 1. The van der Waals surface area contributed by atoms with Gasteiger partial charge in [-0.15, -0.1) is 0 Å². The van der Waals surface area contributed by atoms with E-state index >= 15 is 0 Å². The maximum atomic E-state index is 13.7. The highest BCUT2D eigenvalue weighted by Crippen LogP contribution is 2.27. The maximum Gasteiger partial charge on any atom is 0.419 e. The van der Waals surface area contributed by atoms with Crippen molar-refractivity contribution in [2.45, 2.75) is 44.8 Å². The lowest BCUT2D eigenvalue weighted by Crippen LogP contribution is -2.45. The normalized spacial score (nSPS) is 12.2. The second kappa shape index (κ2) is 11.3. The molecular weight excluding hydrogens is 480 g/mol. The smallest absolute Gasteiger partial charge is 0.419 e. The first-order chi connectivity index (χ1) is 18.2. The van der Waals surface area contributed by atoms with Gasteiger partial charge in [-0.1, -0.05) is 78.9 Å². The van der Waals surface area contributed by atoms with Crippen molar-refractivity contribution >= 4 is 28.9 Å². The fourth-order valence-electron chi connectivity index (χ4n) is 4.47. The van der Waals surface area contributed by atoms with Crippen LogP contribution in [0.2, 0.25) is 0 Å². The minimum atomic E-state index is -0.972. The molecule has 0 bridgehead atoms. The number of aromatic nitrogens is 1. The van der Waals surface area contributed by atoms with Gasteiger partial charge in [0.15, 0.2) is 0 Å². The number of ether oxygens (including phenoxy) is 2. The van der Waals surface area contributed by atoms with E-state index in [1.807, 2.05) is 84.9 Å². The van der Waals surface area contributed by atoms with Gasteiger partial charge >= 0.3 is 12.1 Å². The first-order valence-corrected chi connectivity index (χ1v) is 12.5. The molecule has 7 nitrogen and oxygen atoms in total. The Bertz CT molecular complexity index is 1380. The lowest BCUT2D eigenvalue weighted by Gasteiger charge is -2.22. The van der Waals surface area contributed by atoms with E-state index in [0.717, 1.165) is 16.5 Å². The van der Waals surface area contributed by atoms with Crippen LogP contribution in [0.5, 0.6) is 0 Å². The number of amides is 1. The molecule has 7 heteroatoms. The third-order valence-corrected chi connectivity index (χ3v) is 6.14. The van der Waals surface area contributed by atoms with E-state index in [0.29, 0.717) is 11.1 Å². The molecule has 1 aromatic heterocycles. The number of fused-ring (bicyclic) bond motifs is 1. The Morgan fingerprint density at radius 3 is 1.95 bits per heavy atom. The quantitative estimate of drug-likeness (QED) is 0.333. The molecule has 1 heterocycles. The number of para-hydroxylation sites is 1. The summed E-state index contributed by atoms with van der Waals surface area (Å²) in [7, 11) is 1.29. The van der Waals surface area contributed by atoms with E-state index in [1.54, 1.807) is 27.0 Å². The fourth-order valence-corrected chi connectivity index (χ4v) is 4.47. The number of methoxy groups -OCH3 is 1. The van der Waals surface area contributed by atoms with Crippen molar-refractivity contribution in [3.63, 3.8) is 0 Å². The predicted molar refractivity (Wildman–Crippen MR) is 146 cm³/mol. The van der Waals surface area contributed by atoms with Crippen molar-refractivity contribution in [3.8, 4) is 0 Å². The molecule has 1 N–H and O–H groups in total. The Morgan fingerprint density at radius 1 is 0.842 bits per heavy atom. The first-order valence-electron chi connectivity index (χ1n) is 12.5. The summed E-state index contributed by atoms with van der Waals surface area (Å²) in [6.45, 7) is 5.41. The number of esters is 1. The summed E-state index contributed by atoms with van der Waals surface area (Å²) in [5, 5.41) is 3.70. The average molecular weight is 513 g/mol. The lowest BCUT2D eigenvalue weighted by atomic mass is 9.90. The summed E-state index contributed by atoms with van der Waals surface area (Å²) in [5.74, 6) is -1.52. The molecule has 0 unspecified atom stereocenters. The van der Waals surface area contributed by atoms with Crippen molar-refractivity contribution in [1.82, 2.24) is 9.88 Å². The van der Waals surface area contributed by atoms with E-state index in [4.69, 9.17) is 9.47 Å². The molecule has 0 spiro atoms. The maximum absolute atomic E-state index is 13.7. The van der Waals surface area contributed by atoms with Crippen LogP contribution in [0, 0.1) is 0 Å². The van der Waals surface area contributed by atoms with Gasteiger partial charge in [0.2, 0.25) is 5.91 Å². The zero-order valence-corrected chi connectivity index (χ0v) is 22.0. The molecule has 1 amide bonds. The number of hydrogen-bond donors (Lipinski definition) is 1. The summed E-state index contributed by atoms with van der Waals surface area (Å²) < 4.78 is 12.1. The SMILES string of the molecule is COC(=O)[C@H](Cc1cn(C(=O)OC(C)(C)C)c2ccccc12)NC(=O)C(c1ccccc1)c1ccccc1. The van der Waals surface area contributed by atoms with Crippen LogP contribution in [0.3, 0.4) is 0 Å². The second-order valence-electron chi connectivity index (χ2n) is 10.1. The van der Waals surface area contributed by atoms with Crippen LogP contribution in [0.1, 0.15) is 43.4 Å². The number of benzene rings is 3. The largest absolute Gasteiger partial charge is 0.467 e. The summed E-state index contributed by atoms with van der Waals surface area (Å²) in [6.07, 6.45) is 1.27. The van der Waals surface area contributed by atoms with E-state index in [-0.39, 0.29) is 12.3 Å². The van der Waals surface area contributed by atoms with Gasteiger partial charge in [0.1, 0.15) is 11.6 Å². The molecule has 0 radical (unpaired) electrons. The molecule has 3 aromatic carbocycles. The van der Waals surface area contributed by atoms with Gasteiger partial charge in [0, 0.05) is 18.0 Å². The molecule has 1 atom stereocenters. The van der Waals surface area contributed by atoms with E-state index in [2.05, 4.69) is 5.32 Å². The lowest BCUT2D eigenvalue weighted by molar-refractivity contribution is -0.145. The summed E-state index contributed by atoms with van der Waals surface area (Å²) >= 11 is 0. The fraction of sp³-hybridized carbons (Fsp3) is 0.258. The van der Waals surface area contributed by atoms with Crippen molar-refractivity contribution in [2.24, 2.45) is 0 Å². The Morgan fingerprint density at radius 2 is 1.39 bits per heavy atom. The molecule has 0 aliphatic rings. The van der Waals surface area contributed by atoms with Crippen molar-refractivity contribution in [2.75, 3.05) is 7.11 Å². The molecule has 0 fully saturated rings. The van der Waals surface area contributed by atoms with E-state index in [9.17, 15) is 14.4 Å². The number of nitrogens with one attached hydrogen (secondary N) is 1. The van der Waals surface area contributed by atoms with Crippen LogP contribution < -0.4 is 5.32 Å². The predicted octanol–water partition coefficient (Wildman–Crippen LogP) is 5.46. The Balaban J connectivity index is 1.67. The summed E-state index contributed by atoms with van der Waals surface area (Å²) in [4.78, 5) is 39.5. The van der Waals surface area contributed by atoms with Crippen molar-refractivity contribution in [3.05, 3.63) is 108 Å². The monoisotopic (exact) mass is 512 g/mol. The Kier molecular flexibility index (Phi) is 7.96. The van der Waals surface area contributed by atoms with Crippen LogP contribution in [0.15, 0.2) is 91.1 Å². The third-order valence-electron chi connectivity index (χ3n) is 6.14. The zero-order valence-electron chi connectivity index (χ0n) is 22.0. The highest BCUT2D eigenvalue weighted by Gasteiger charge is 2.30. The molecule has 0 aliphatic carbocycles. The van der Waals surface area contributed by atoms with Gasteiger partial charge in [0.25, 0.3) is 0 Å². The van der Waals surface area contributed by atoms with Crippen LogP contribution in [-0.2, 0) is 25.5 Å². The molecule has 4 aromatic rings. The highest BCUT2D eigenvalue weighted by atomic mass is 16.6. The molecule has 4 rings (SSSR count). The number of hydrogen-bond acceptors (Lipinski definition) is 5. The van der Waals surface area contributed by atoms with Crippen molar-refractivity contribution in [1.29, 1.82) is 0 Å². The average Bonchev–Trinajstić information content (AvgIpc) is 3.27. The first kappa shape index (κ1) is 26.7. The minimum Gasteiger partial charge on any atom is -0.467 e. The van der Waals surface area contributed by atoms with Crippen LogP contribution in [0.25, 0.3) is 10.9 Å². The van der Waals surface area contributed by atoms with E-state index < -0.39 is 29.6 Å². The van der Waals surface area contributed by atoms with Crippen LogP contribution in [0.4, 0.5) is 4.79 Å². The Labute approximate surface area is 222 Å². The third kappa shape index (κ3) is 6.11. The molecule has 0 saturated carbocycles. The van der Waals surface area contributed by atoms with Gasteiger partial charge in [-0.2, -0.15) is 0 Å². The molecule has 196 valence electrons. The summed E-state index contributed by atoms with van der Waals surface area (Å²) in [6, 6.07) is 25.2. The van der Waals surface area contributed by atoms with E-state index in [1.165, 1.54) is 11.7 Å². The molecule has 38 heavy (non-hydrogen) atoms. The second-order valence-corrected chi connectivity index (χ2v) is 10.1. The standard InChI is InChI=1S/C31H32N2O5/c1-31(2,3)38-30(36)33-20-23(24-17-11-12-18-26(24)33)19-25(29(35)37-4)32-28(34)27(21-13-7-5-8-14-21)22-15-9-6-10-16-22/h5-18,20,25,27H,19H2,1-4H3,(H,32,34)/t25-/m0/s1. The van der Waals surface area contributed by atoms with Crippen LogP contribution >= 0.6 is 0 Å². The molecule has 0 aliphatic heterocycles. The van der Waals surface area contributed by atoms with Gasteiger partial charge in [0.05, 0.1) is 18.5 Å². The highest BCUT2D eigenvalue weighted by molar-refractivity contribution is 5.94.